The van der Waals surface area contributed by atoms with Crippen LogP contribution in [0.2, 0.25) is 0 Å². The first-order valence-electron chi connectivity index (χ1n) is 6.60. The molecule has 1 aromatic heterocycles. The van der Waals surface area contributed by atoms with E-state index in [-0.39, 0.29) is 11.9 Å². The van der Waals surface area contributed by atoms with Crippen molar-refractivity contribution in [2.24, 2.45) is 0 Å². The number of amides is 1. The van der Waals surface area contributed by atoms with Gasteiger partial charge in [-0.1, -0.05) is 0 Å². The second kappa shape index (κ2) is 6.12. The number of likely N-dealkylation sites (N-methyl/N-ethyl adjacent to an activating group) is 2. The third-order valence-electron chi connectivity index (χ3n) is 3.61. The molecule has 2 heterocycles. The van der Waals surface area contributed by atoms with Gasteiger partial charge in [-0.15, -0.1) is 0 Å². The van der Waals surface area contributed by atoms with E-state index in [0.29, 0.717) is 0 Å². The second-order valence-corrected chi connectivity index (χ2v) is 5.32. The van der Waals surface area contributed by atoms with E-state index in [1.807, 2.05) is 45.7 Å². The summed E-state index contributed by atoms with van der Waals surface area (Å²) in [5, 5.41) is 0. The van der Waals surface area contributed by atoms with Gasteiger partial charge >= 0.3 is 0 Å². The summed E-state index contributed by atoms with van der Waals surface area (Å²) >= 11 is 0. The van der Waals surface area contributed by atoms with Crippen LogP contribution in [0, 0.1) is 0 Å². The van der Waals surface area contributed by atoms with Gasteiger partial charge in [0.25, 0.3) is 0 Å². The quantitative estimate of drug-likeness (QED) is 0.785. The second-order valence-electron chi connectivity index (χ2n) is 5.32. The molecule has 0 bridgehead atoms. The van der Waals surface area contributed by atoms with Crippen molar-refractivity contribution >= 4 is 5.91 Å². The lowest BCUT2D eigenvalue weighted by Gasteiger charge is -2.39. The Hall–Kier alpha value is -1.46. The Balaban J connectivity index is 1.99. The van der Waals surface area contributed by atoms with Crippen LogP contribution in [-0.4, -0.2) is 72.4 Å². The lowest BCUT2D eigenvalue weighted by atomic mass is 10.1. The number of piperazine rings is 1. The number of carbonyl (C=O) groups excluding carboxylic acids is 1. The number of aromatic nitrogens is 1. The molecular weight excluding hydrogens is 240 g/mol. The fourth-order valence-corrected chi connectivity index (χ4v) is 2.38. The van der Waals surface area contributed by atoms with E-state index in [4.69, 9.17) is 0 Å². The van der Waals surface area contributed by atoms with E-state index >= 15 is 0 Å². The molecule has 0 aromatic carbocycles. The molecule has 0 radical (unpaired) electrons. The maximum atomic E-state index is 12.2. The maximum absolute atomic E-state index is 12.2. The third-order valence-corrected chi connectivity index (χ3v) is 3.61. The van der Waals surface area contributed by atoms with Crippen molar-refractivity contribution in [1.29, 1.82) is 0 Å². The molecule has 0 aliphatic carbocycles. The monoisotopic (exact) mass is 262 g/mol. The average Bonchev–Trinajstić information content (AvgIpc) is 2.41. The van der Waals surface area contributed by atoms with Crippen molar-refractivity contribution in [2.75, 3.05) is 40.8 Å². The summed E-state index contributed by atoms with van der Waals surface area (Å²) in [6, 6.07) is 4.02. The van der Waals surface area contributed by atoms with E-state index in [0.717, 1.165) is 26.2 Å². The predicted molar refractivity (Wildman–Crippen MR) is 74.6 cm³/mol. The number of nitrogens with zero attached hydrogens (tertiary/aromatic N) is 4. The summed E-state index contributed by atoms with van der Waals surface area (Å²) in [7, 11) is 5.66. The molecule has 1 saturated heterocycles. The van der Waals surface area contributed by atoms with Crippen LogP contribution >= 0.6 is 0 Å². The van der Waals surface area contributed by atoms with Crippen molar-refractivity contribution < 1.29 is 4.79 Å². The highest BCUT2D eigenvalue weighted by Gasteiger charge is 2.30. The van der Waals surface area contributed by atoms with Crippen molar-refractivity contribution in [2.45, 2.75) is 12.6 Å². The molecule has 1 aromatic rings. The van der Waals surface area contributed by atoms with E-state index in [1.165, 1.54) is 5.56 Å². The first-order chi connectivity index (χ1) is 9.08. The Kier molecular flexibility index (Phi) is 4.50. The SMILES string of the molecule is CN(C)C(=O)[C@H]1CN(Cc2ccncc2)CCN1C. The van der Waals surface area contributed by atoms with Gasteiger partial charge in [0.15, 0.2) is 0 Å². The Labute approximate surface area is 114 Å². The third kappa shape index (κ3) is 3.52. The normalized spacial score (nSPS) is 21.3. The molecule has 1 aliphatic heterocycles. The minimum atomic E-state index is -0.0365. The molecule has 1 amide bonds. The van der Waals surface area contributed by atoms with Crippen LogP contribution in [0.5, 0.6) is 0 Å². The molecule has 0 saturated carbocycles. The van der Waals surface area contributed by atoms with Crippen molar-refractivity contribution in [3.63, 3.8) is 0 Å². The van der Waals surface area contributed by atoms with Gasteiger partial charge in [-0.25, -0.2) is 0 Å². The van der Waals surface area contributed by atoms with Gasteiger partial charge in [0, 0.05) is 52.7 Å². The lowest BCUT2D eigenvalue weighted by Crippen LogP contribution is -2.57. The Morgan fingerprint density at radius 3 is 2.68 bits per heavy atom. The summed E-state index contributed by atoms with van der Waals surface area (Å²) in [6.07, 6.45) is 3.63. The average molecular weight is 262 g/mol. The minimum absolute atomic E-state index is 0.0365. The van der Waals surface area contributed by atoms with Crippen molar-refractivity contribution in [3.8, 4) is 0 Å². The minimum Gasteiger partial charge on any atom is -0.347 e. The lowest BCUT2D eigenvalue weighted by molar-refractivity contribution is -0.136. The van der Waals surface area contributed by atoms with Gasteiger partial charge < -0.3 is 4.90 Å². The molecule has 2 rings (SSSR count). The van der Waals surface area contributed by atoms with Crippen molar-refractivity contribution in [3.05, 3.63) is 30.1 Å². The maximum Gasteiger partial charge on any atom is 0.240 e. The Morgan fingerprint density at radius 2 is 2.05 bits per heavy atom. The number of carbonyl (C=O) groups is 1. The van der Waals surface area contributed by atoms with Gasteiger partial charge in [0.2, 0.25) is 5.91 Å². The zero-order valence-corrected chi connectivity index (χ0v) is 11.9. The first kappa shape index (κ1) is 14.0. The largest absolute Gasteiger partial charge is 0.347 e. The van der Waals surface area contributed by atoms with Crippen LogP contribution in [0.25, 0.3) is 0 Å². The molecule has 1 atom stereocenters. The van der Waals surface area contributed by atoms with E-state index in [1.54, 1.807) is 4.90 Å². The van der Waals surface area contributed by atoms with Crippen LogP contribution < -0.4 is 0 Å². The van der Waals surface area contributed by atoms with Crippen LogP contribution in [0.4, 0.5) is 0 Å². The Morgan fingerprint density at radius 1 is 1.37 bits per heavy atom. The topological polar surface area (TPSA) is 39.7 Å². The van der Waals surface area contributed by atoms with Gasteiger partial charge in [0.1, 0.15) is 6.04 Å². The summed E-state index contributed by atoms with van der Waals surface area (Å²) in [5.74, 6) is 0.182. The molecule has 1 fully saturated rings. The summed E-state index contributed by atoms with van der Waals surface area (Å²) < 4.78 is 0. The summed E-state index contributed by atoms with van der Waals surface area (Å²) in [4.78, 5) is 22.3. The van der Waals surface area contributed by atoms with E-state index in [9.17, 15) is 4.79 Å². The zero-order valence-electron chi connectivity index (χ0n) is 11.9. The summed E-state index contributed by atoms with van der Waals surface area (Å²) in [5.41, 5.74) is 1.25. The van der Waals surface area contributed by atoms with Gasteiger partial charge in [0.05, 0.1) is 0 Å². The highest BCUT2D eigenvalue weighted by Crippen LogP contribution is 2.12. The smallest absolute Gasteiger partial charge is 0.240 e. The molecule has 19 heavy (non-hydrogen) atoms. The fraction of sp³-hybridized carbons (Fsp3) is 0.571. The Bertz CT molecular complexity index is 421. The molecule has 0 unspecified atom stereocenters. The van der Waals surface area contributed by atoms with Gasteiger partial charge in [-0.3, -0.25) is 19.6 Å². The molecule has 1 aliphatic rings. The molecule has 104 valence electrons. The van der Waals surface area contributed by atoms with Crippen LogP contribution in [0.1, 0.15) is 5.56 Å². The molecular formula is C14H22N4O. The van der Waals surface area contributed by atoms with Crippen LogP contribution in [0.15, 0.2) is 24.5 Å². The highest BCUT2D eigenvalue weighted by atomic mass is 16.2. The molecule has 0 N–H and O–H groups in total. The fourth-order valence-electron chi connectivity index (χ4n) is 2.38. The highest BCUT2D eigenvalue weighted by molar-refractivity contribution is 5.81. The molecule has 0 spiro atoms. The number of hydrogen-bond acceptors (Lipinski definition) is 4. The predicted octanol–water partition coefficient (Wildman–Crippen LogP) is 0.286. The van der Waals surface area contributed by atoms with Crippen LogP contribution in [0.3, 0.4) is 0 Å². The number of pyridine rings is 1. The number of hydrogen-bond donors (Lipinski definition) is 0. The van der Waals surface area contributed by atoms with E-state index < -0.39 is 0 Å². The molecule has 5 nitrogen and oxygen atoms in total. The zero-order chi connectivity index (χ0) is 13.8. The van der Waals surface area contributed by atoms with Crippen molar-refractivity contribution in [1.82, 2.24) is 19.7 Å². The summed E-state index contributed by atoms with van der Waals surface area (Å²) in [6.45, 7) is 3.59. The van der Waals surface area contributed by atoms with Crippen LogP contribution in [-0.2, 0) is 11.3 Å². The number of rotatable bonds is 3. The standard InChI is InChI=1S/C14H22N4O/c1-16(2)14(19)13-11-18(9-8-17(13)3)10-12-4-6-15-7-5-12/h4-7,13H,8-11H2,1-3H3/t13-/m1/s1. The van der Waals surface area contributed by atoms with Gasteiger partial charge in [-0.05, 0) is 24.7 Å². The van der Waals surface area contributed by atoms with E-state index in [2.05, 4.69) is 14.8 Å². The molecule has 5 heteroatoms. The van der Waals surface area contributed by atoms with Gasteiger partial charge in [-0.2, -0.15) is 0 Å². The first-order valence-corrected chi connectivity index (χ1v) is 6.60.